The lowest BCUT2D eigenvalue weighted by atomic mass is 10.1. The summed E-state index contributed by atoms with van der Waals surface area (Å²) >= 11 is 0. The molecule has 24 heavy (non-hydrogen) atoms. The molecule has 2 aromatic carbocycles. The van der Waals surface area contributed by atoms with Crippen LogP contribution in [-0.4, -0.2) is 32.4 Å². The fraction of sp³-hybridized carbons (Fsp3) is 0.333. The summed E-state index contributed by atoms with van der Waals surface area (Å²) in [5, 5.41) is 0. The van der Waals surface area contributed by atoms with Crippen LogP contribution in [-0.2, 0) is 16.6 Å². The van der Waals surface area contributed by atoms with E-state index < -0.39 is 10.0 Å². The van der Waals surface area contributed by atoms with Crippen molar-refractivity contribution >= 4 is 10.0 Å². The summed E-state index contributed by atoms with van der Waals surface area (Å²) in [4.78, 5) is 2.37. The zero-order chi connectivity index (χ0) is 17.0. The maximum atomic E-state index is 13.8. The second kappa shape index (κ2) is 7.42. The van der Waals surface area contributed by atoms with Gasteiger partial charge in [-0.1, -0.05) is 36.4 Å². The molecule has 0 aliphatic carbocycles. The normalized spacial score (nSPS) is 19.3. The highest BCUT2D eigenvalue weighted by Crippen LogP contribution is 2.17. The van der Waals surface area contributed by atoms with E-state index in [1.807, 2.05) is 6.07 Å². The fourth-order valence-electron chi connectivity index (χ4n) is 3.05. The number of piperidine rings is 1. The van der Waals surface area contributed by atoms with Gasteiger partial charge in [-0.05, 0) is 37.6 Å². The SMILES string of the molecule is O=S(=O)(N[C@@H]1CCCN(Cc2ccccc2F)C1)c1ccccc1. The monoisotopic (exact) mass is 348 g/mol. The molecule has 0 amide bonds. The van der Waals surface area contributed by atoms with Crippen LogP contribution in [0.25, 0.3) is 0 Å². The van der Waals surface area contributed by atoms with Crippen LogP contribution in [0.2, 0.25) is 0 Å². The van der Waals surface area contributed by atoms with E-state index in [0.29, 0.717) is 18.7 Å². The summed E-state index contributed by atoms with van der Waals surface area (Å²) in [6, 6.07) is 14.9. The average Bonchev–Trinajstić information content (AvgIpc) is 2.58. The zero-order valence-corrected chi connectivity index (χ0v) is 14.2. The molecule has 0 radical (unpaired) electrons. The van der Waals surface area contributed by atoms with Crippen molar-refractivity contribution in [3.63, 3.8) is 0 Å². The van der Waals surface area contributed by atoms with E-state index in [4.69, 9.17) is 0 Å². The summed E-state index contributed by atoms with van der Waals surface area (Å²) in [7, 11) is -3.52. The molecule has 128 valence electrons. The second-order valence-corrected chi connectivity index (χ2v) is 7.81. The third kappa shape index (κ3) is 4.20. The van der Waals surface area contributed by atoms with E-state index in [1.54, 1.807) is 42.5 Å². The van der Waals surface area contributed by atoms with E-state index in [0.717, 1.165) is 19.4 Å². The highest BCUT2D eigenvalue weighted by molar-refractivity contribution is 7.89. The lowest BCUT2D eigenvalue weighted by Crippen LogP contribution is -2.47. The number of hydrogen-bond acceptors (Lipinski definition) is 3. The van der Waals surface area contributed by atoms with Crippen LogP contribution < -0.4 is 4.72 Å². The van der Waals surface area contributed by atoms with Gasteiger partial charge < -0.3 is 0 Å². The van der Waals surface area contributed by atoms with Crippen LogP contribution in [0.5, 0.6) is 0 Å². The van der Waals surface area contributed by atoms with Gasteiger partial charge in [0.25, 0.3) is 0 Å². The first-order valence-corrected chi connectivity index (χ1v) is 9.56. The molecule has 2 aromatic rings. The molecule has 4 nitrogen and oxygen atoms in total. The Morgan fingerprint density at radius 1 is 1.08 bits per heavy atom. The van der Waals surface area contributed by atoms with Crippen LogP contribution in [0.15, 0.2) is 59.5 Å². The average molecular weight is 348 g/mol. The van der Waals surface area contributed by atoms with E-state index in [1.165, 1.54) is 6.07 Å². The zero-order valence-electron chi connectivity index (χ0n) is 13.4. The Morgan fingerprint density at radius 3 is 2.54 bits per heavy atom. The number of rotatable bonds is 5. The summed E-state index contributed by atoms with van der Waals surface area (Å²) in [6.07, 6.45) is 1.68. The molecular formula is C18H21FN2O2S. The Hall–Kier alpha value is -1.76. The number of nitrogens with one attached hydrogen (secondary N) is 1. The van der Waals surface area contributed by atoms with Crippen molar-refractivity contribution in [1.82, 2.24) is 9.62 Å². The van der Waals surface area contributed by atoms with Crippen LogP contribution in [0.3, 0.4) is 0 Å². The first-order valence-electron chi connectivity index (χ1n) is 8.08. The van der Waals surface area contributed by atoms with Gasteiger partial charge in [0.1, 0.15) is 5.82 Å². The molecular weight excluding hydrogens is 327 g/mol. The van der Waals surface area contributed by atoms with Gasteiger partial charge in [-0.2, -0.15) is 0 Å². The smallest absolute Gasteiger partial charge is 0.240 e. The Kier molecular flexibility index (Phi) is 5.28. The van der Waals surface area contributed by atoms with Crippen LogP contribution >= 0.6 is 0 Å². The molecule has 1 atom stereocenters. The van der Waals surface area contributed by atoms with Crippen molar-refractivity contribution in [3.05, 3.63) is 66.0 Å². The van der Waals surface area contributed by atoms with Crippen LogP contribution in [0.1, 0.15) is 18.4 Å². The number of sulfonamides is 1. The third-order valence-electron chi connectivity index (χ3n) is 4.23. The van der Waals surface area contributed by atoms with Crippen molar-refractivity contribution in [1.29, 1.82) is 0 Å². The lowest BCUT2D eigenvalue weighted by molar-refractivity contribution is 0.192. The first kappa shape index (κ1) is 17.1. The number of likely N-dealkylation sites (tertiary alicyclic amines) is 1. The van der Waals surface area contributed by atoms with Crippen molar-refractivity contribution in [2.24, 2.45) is 0 Å². The molecule has 6 heteroatoms. The standard InChI is InChI=1S/C18H21FN2O2S/c19-18-11-5-4-7-15(18)13-21-12-6-8-16(14-21)20-24(22,23)17-9-2-1-3-10-17/h1-5,7,9-11,16,20H,6,8,12-14H2/t16-/m1/s1. The Bertz CT molecular complexity index is 781. The van der Waals surface area contributed by atoms with E-state index in [2.05, 4.69) is 9.62 Å². The second-order valence-electron chi connectivity index (χ2n) is 6.10. The van der Waals surface area contributed by atoms with Crippen molar-refractivity contribution in [2.45, 2.75) is 30.3 Å². The van der Waals surface area contributed by atoms with Gasteiger partial charge in [0.05, 0.1) is 4.90 Å². The Labute approximate surface area is 142 Å². The lowest BCUT2D eigenvalue weighted by Gasteiger charge is -2.33. The summed E-state index contributed by atoms with van der Waals surface area (Å²) in [6.45, 7) is 1.93. The topological polar surface area (TPSA) is 49.4 Å². The van der Waals surface area contributed by atoms with E-state index >= 15 is 0 Å². The molecule has 0 aromatic heterocycles. The van der Waals surface area contributed by atoms with Crippen molar-refractivity contribution < 1.29 is 12.8 Å². The van der Waals surface area contributed by atoms with Gasteiger partial charge in [0.15, 0.2) is 0 Å². The summed E-state index contributed by atoms with van der Waals surface area (Å²) in [5.41, 5.74) is 0.643. The minimum atomic E-state index is -3.52. The van der Waals surface area contributed by atoms with Crippen LogP contribution in [0.4, 0.5) is 4.39 Å². The maximum Gasteiger partial charge on any atom is 0.240 e. The Morgan fingerprint density at radius 2 is 1.79 bits per heavy atom. The molecule has 1 aliphatic rings. The maximum absolute atomic E-state index is 13.8. The molecule has 1 fully saturated rings. The molecule has 0 unspecified atom stereocenters. The minimum Gasteiger partial charge on any atom is -0.297 e. The molecule has 1 saturated heterocycles. The molecule has 1 aliphatic heterocycles. The van der Waals surface area contributed by atoms with Gasteiger partial charge in [0.2, 0.25) is 10.0 Å². The van der Waals surface area contributed by atoms with Gasteiger partial charge in [-0.15, -0.1) is 0 Å². The number of benzene rings is 2. The highest BCUT2D eigenvalue weighted by atomic mass is 32.2. The quantitative estimate of drug-likeness (QED) is 0.904. The number of halogens is 1. The molecule has 0 spiro atoms. The predicted octanol–water partition coefficient (Wildman–Crippen LogP) is 2.77. The molecule has 1 heterocycles. The van der Waals surface area contributed by atoms with E-state index in [9.17, 15) is 12.8 Å². The van der Waals surface area contributed by atoms with Gasteiger partial charge in [0, 0.05) is 24.7 Å². The number of nitrogens with zero attached hydrogens (tertiary/aromatic N) is 1. The van der Waals surface area contributed by atoms with Gasteiger partial charge >= 0.3 is 0 Å². The summed E-state index contributed by atoms with van der Waals surface area (Å²) in [5.74, 6) is -0.218. The van der Waals surface area contributed by atoms with E-state index in [-0.39, 0.29) is 16.8 Å². The highest BCUT2D eigenvalue weighted by Gasteiger charge is 2.25. The largest absolute Gasteiger partial charge is 0.297 e. The number of hydrogen-bond donors (Lipinski definition) is 1. The van der Waals surface area contributed by atoms with Crippen molar-refractivity contribution in [2.75, 3.05) is 13.1 Å². The minimum absolute atomic E-state index is 0.157. The Balaban J connectivity index is 1.65. The molecule has 0 bridgehead atoms. The van der Waals surface area contributed by atoms with Gasteiger partial charge in [-0.25, -0.2) is 17.5 Å². The molecule has 0 saturated carbocycles. The molecule has 3 rings (SSSR count). The van der Waals surface area contributed by atoms with Crippen molar-refractivity contribution in [3.8, 4) is 0 Å². The van der Waals surface area contributed by atoms with Gasteiger partial charge in [-0.3, -0.25) is 4.90 Å². The summed E-state index contributed by atoms with van der Waals surface area (Å²) < 4.78 is 41.4. The third-order valence-corrected chi connectivity index (χ3v) is 5.77. The predicted molar refractivity (Wildman–Crippen MR) is 91.5 cm³/mol. The first-order chi connectivity index (χ1) is 11.5. The van der Waals surface area contributed by atoms with Crippen LogP contribution in [0, 0.1) is 5.82 Å². The molecule has 1 N–H and O–H groups in total. The fourth-order valence-corrected chi connectivity index (χ4v) is 4.33.